The van der Waals surface area contributed by atoms with Gasteiger partial charge in [-0.3, -0.25) is 4.79 Å². The van der Waals surface area contributed by atoms with Gasteiger partial charge in [-0.05, 0) is 0 Å². The van der Waals surface area contributed by atoms with Gasteiger partial charge in [0.1, 0.15) is 6.54 Å². The second-order valence-corrected chi connectivity index (χ2v) is 4.62. The minimum absolute atomic E-state index is 0.0589. The van der Waals surface area contributed by atoms with Crippen LogP contribution in [0.25, 0.3) is 0 Å². The molecule has 7 heteroatoms. The first-order valence-electron chi connectivity index (χ1n) is 5.28. The fourth-order valence-electron chi connectivity index (χ4n) is 1.85. The molecule has 1 aliphatic heterocycles. The first-order valence-corrected chi connectivity index (χ1v) is 6.16. The second-order valence-electron chi connectivity index (χ2n) is 3.73. The number of rotatable bonds is 3. The van der Waals surface area contributed by atoms with Crippen molar-refractivity contribution >= 4 is 28.3 Å². The third kappa shape index (κ3) is 2.01. The van der Waals surface area contributed by atoms with Crippen LogP contribution in [0.15, 0.2) is 24.0 Å². The number of hydrogen-bond acceptors (Lipinski definition) is 5. The molecule has 1 amide bonds. The number of carbonyl (C=O) groups excluding carboxylic acids is 1. The van der Waals surface area contributed by atoms with Crippen molar-refractivity contribution in [1.82, 2.24) is 14.5 Å². The van der Waals surface area contributed by atoms with Crippen LogP contribution in [0.1, 0.15) is 0 Å². The summed E-state index contributed by atoms with van der Waals surface area (Å²) in [7, 11) is 0. The van der Waals surface area contributed by atoms with Gasteiger partial charge in [-0.1, -0.05) is 0 Å². The number of anilines is 2. The first kappa shape index (κ1) is 10.3. The lowest BCUT2D eigenvalue weighted by Crippen LogP contribution is -2.32. The summed E-state index contributed by atoms with van der Waals surface area (Å²) in [5.41, 5.74) is 0. The first-order chi connectivity index (χ1) is 8.33. The van der Waals surface area contributed by atoms with E-state index in [0.29, 0.717) is 11.7 Å². The summed E-state index contributed by atoms with van der Waals surface area (Å²) in [6, 6.07) is 0. The van der Waals surface area contributed by atoms with Crippen LogP contribution in [0.5, 0.6) is 0 Å². The van der Waals surface area contributed by atoms with Crippen molar-refractivity contribution in [2.45, 2.75) is 6.54 Å². The molecule has 6 nitrogen and oxygen atoms in total. The maximum absolute atomic E-state index is 11.8. The molecule has 0 saturated heterocycles. The van der Waals surface area contributed by atoms with Gasteiger partial charge in [-0.25, -0.2) is 9.97 Å². The van der Waals surface area contributed by atoms with Crippen LogP contribution in [0.4, 0.5) is 11.1 Å². The van der Waals surface area contributed by atoms with Crippen LogP contribution in [0.2, 0.25) is 0 Å². The number of imidazole rings is 1. The van der Waals surface area contributed by atoms with Gasteiger partial charge < -0.3 is 14.8 Å². The molecule has 2 aromatic heterocycles. The number of hydrogen-bond donors (Lipinski definition) is 1. The van der Waals surface area contributed by atoms with Gasteiger partial charge in [0, 0.05) is 37.1 Å². The van der Waals surface area contributed by atoms with Crippen LogP contribution in [-0.2, 0) is 11.3 Å². The molecule has 0 atom stereocenters. The number of amides is 1. The molecule has 2 aromatic rings. The van der Waals surface area contributed by atoms with E-state index in [0.717, 1.165) is 19.0 Å². The molecule has 0 aliphatic carbocycles. The normalized spacial score (nSPS) is 13.8. The Morgan fingerprint density at radius 3 is 3.18 bits per heavy atom. The van der Waals surface area contributed by atoms with Gasteiger partial charge in [-0.15, -0.1) is 11.3 Å². The highest BCUT2D eigenvalue weighted by molar-refractivity contribution is 7.13. The van der Waals surface area contributed by atoms with Crippen LogP contribution in [0.3, 0.4) is 0 Å². The minimum Gasteiger partial charge on any atom is -0.331 e. The monoisotopic (exact) mass is 249 g/mol. The summed E-state index contributed by atoms with van der Waals surface area (Å²) in [5.74, 6) is 0.802. The van der Waals surface area contributed by atoms with Crippen LogP contribution >= 0.6 is 11.3 Å². The van der Waals surface area contributed by atoms with E-state index < -0.39 is 0 Å². The van der Waals surface area contributed by atoms with Gasteiger partial charge in [0.25, 0.3) is 0 Å². The Bertz CT molecular complexity index is 521. The van der Waals surface area contributed by atoms with E-state index in [1.54, 1.807) is 12.4 Å². The maximum atomic E-state index is 11.8. The summed E-state index contributed by atoms with van der Waals surface area (Å²) in [6.07, 6.45) is 5.34. The summed E-state index contributed by atoms with van der Waals surface area (Å²) < 4.78 is 2.04. The van der Waals surface area contributed by atoms with Gasteiger partial charge in [0.2, 0.25) is 11.9 Å². The van der Waals surface area contributed by atoms with Gasteiger partial charge in [-0.2, -0.15) is 0 Å². The third-order valence-corrected chi connectivity index (χ3v) is 3.29. The van der Waals surface area contributed by atoms with Crippen molar-refractivity contribution in [3.8, 4) is 0 Å². The van der Waals surface area contributed by atoms with Crippen molar-refractivity contribution in [3.05, 3.63) is 24.0 Å². The maximum Gasteiger partial charge on any atom is 0.245 e. The highest BCUT2D eigenvalue weighted by Gasteiger charge is 2.21. The van der Waals surface area contributed by atoms with Crippen molar-refractivity contribution in [1.29, 1.82) is 0 Å². The Morgan fingerprint density at radius 2 is 2.35 bits per heavy atom. The smallest absolute Gasteiger partial charge is 0.245 e. The van der Waals surface area contributed by atoms with Gasteiger partial charge in [0.05, 0.1) is 0 Å². The molecule has 0 saturated carbocycles. The highest BCUT2D eigenvalue weighted by atomic mass is 32.1. The number of fused-ring (bicyclic) bond motifs is 1. The second kappa shape index (κ2) is 4.17. The lowest BCUT2D eigenvalue weighted by atomic mass is 10.5. The minimum atomic E-state index is -0.0589. The van der Waals surface area contributed by atoms with E-state index in [4.69, 9.17) is 0 Å². The van der Waals surface area contributed by atoms with E-state index >= 15 is 0 Å². The average molecular weight is 249 g/mol. The lowest BCUT2D eigenvalue weighted by Gasteiger charge is -2.14. The molecule has 3 heterocycles. The van der Waals surface area contributed by atoms with Gasteiger partial charge in [0.15, 0.2) is 5.13 Å². The van der Waals surface area contributed by atoms with E-state index in [1.807, 2.05) is 21.0 Å². The molecule has 88 valence electrons. The number of aromatic nitrogens is 3. The summed E-state index contributed by atoms with van der Waals surface area (Å²) in [5, 5.41) is 5.23. The van der Waals surface area contributed by atoms with Crippen LogP contribution in [-0.4, -0.2) is 33.5 Å². The SMILES string of the molecule is O=C(CN1CCn2ccnc21)Nc1nccs1. The van der Waals surface area contributed by atoms with Crippen LogP contribution in [0, 0.1) is 0 Å². The third-order valence-electron chi connectivity index (χ3n) is 2.60. The van der Waals surface area contributed by atoms with E-state index in [1.165, 1.54) is 11.3 Å². The van der Waals surface area contributed by atoms with E-state index in [2.05, 4.69) is 15.3 Å². The summed E-state index contributed by atoms with van der Waals surface area (Å²) in [4.78, 5) is 22.0. The van der Waals surface area contributed by atoms with Crippen molar-refractivity contribution in [2.75, 3.05) is 23.3 Å². The Hall–Kier alpha value is -1.89. The molecule has 0 fully saturated rings. The molecule has 0 radical (unpaired) electrons. The van der Waals surface area contributed by atoms with Crippen LogP contribution < -0.4 is 10.2 Å². The lowest BCUT2D eigenvalue weighted by molar-refractivity contribution is -0.115. The van der Waals surface area contributed by atoms with Crippen molar-refractivity contribution < 1.29 is 4.79 Å². The van der Waals surface area contributed by atoms with E-state index in [-0.39, 0.29) is 5.91 Å². The molecule has 0 bridgehead atoms. The fourth-order valence-corrected chi connectivity index (χ4v) is 2.40. The number of nitrogens with one attached hydrogen (secondary N) is 1. The fraction of sp³-hybridized carbons (Fsp3) is 0.300. The molecule has 0 unspecified atom stereocenters. The Labute approximate surface area is 102 Å². The largest absolute Gasteiger partial charge is 0.331 e. The number of carbonyl (C=O) groups is 1. The summed E-state index contributed by atoms with van der Waals surface area (Å²) >= 11 is 1.41. The zero-order valence-electron chi connectivity index (χ0n) is 9.04. The summed E-state index contributed by atoms with van der Waals surface area (Å²) in [6.45, 7) is 2.03. The Morgan fingerprint density at radius 1 is 1.41 bits per heavy atom. The molecule has 0 spiro atoms. The predicted octanol–water partition coefficient (Wildman–Crippen LogP) is 0.798. The van der Waals surface area contributed by atoms with Gasteiger partial charge >= 0.3 is 0 Å². The molecular formula is C10H11N5OS. The number of nitrogens with zero attached hydrogens (tertiary/aromatic N) is 4. The predicted molar refractivity (Wildman–Crippen MR) is 65.2 cm³/mol. The Balaban J connectivity index is 1.63. The standard InChI is InChI=1S/C10H11N5OS/c16-8(13-9-11-2-6-17-9)7-15-5-4-14-3-1-12-10(14)15/h1-3,6H,4-5,7H2,(H,11,13,16). The molecule has 17 heavy (non-hydrogen) atoms. The average Bonchev–Trinajstić information content (AvgIpc) is 2.97. The highest BCUT2D eigenvalue weighted by Crippen LogP contribution is 2.18. The van der Waals surface area contributed by atoms with E-state index in [9.17, 15) is 4.79 Å². The molecular weight excluding hydrogens is 238 g/mol. The molecule has 3 rings (SSSR count). The topological polar surface area (TPSA) is 63.1 Å². The zero-order valence-corrected chi connectivity index (χ0v) is 9.85. The number of thiazole rings is 1. The zero-order chi connectivity index (χ0) is 11.7. The van der Waals surface area contributed by atoms with Crippen molar-refractivity contribution in [2.24, 2.45) is 0 Å². The molecule has 0 aromatic carbocycles. The molecule has 1 aliphatic rings. The quantitative estimate of drug-likeness (QED) is 0.874. The van der Waals surface area contributed by atoms with Crippen molar-refractivity contribution in [3.63, 3.8) is 0 Å². The molecule has 1 N–H and O–H groups in total. The Kier molecular flexibility index (Phi) is 2.52.